The fourth-order valence-electron chi connectivity index (χ4n) is 0.682. The van der Waals surface area contributed by atoms with E-state index in [9.17, 15) is 0 Å². The molecule has 0 fully saturated rings. The van der Waals surface area contributed by atoms with Crippen molar-refractivity contribution in [3.63, 3.8) is 0 Å². The van der Waals surface area contributed by atoms with Crippen LogP contribution in [0.15, 0.2) is 24.5 Å². The van der Waals surface area contributed by atoms with Crippen molar-refractivity contribution in [2.75, 3.05) is 0 Å². The summed E-state index contributed by atoms with van der Waals surface area (Å²) in [7, 11) is 0. The summed E-state index contributed by atoms with van der Waals surface area (Å²) in [6.45, 7) is 1.89. The van der Waals surface area contributed by atoms with Gasteiger partial charge in [-0.3, -0.25) is 9.98 Å². The molecule has 0 spiro atoms. The monoisotopic (exact) mass is 213 g/mol. The van der Waals surface area contributed by atoms with Crippen LogP contribution >= 0.6 is 15.9 Å². The molecule has 0 amide bonds. The van der Waals surface area contributed by atoms with Gasteiger partial charge in [0.25, 0.3) is 0 Å². The van der Waals surface area contributed by atoms with Crippen LogP contribution < -0.4 is 5.62 Å². The summed E-state index contributed by atoms with van der Waals surface area (Å²) in [5.41, 5.74) is 0.220. The van der Waals surface area contributed by atoms with E-state index in [1.54, 1.807) is 23.0 Å². The zero-order chi connectivity index (χ0) is 8.27. The van der Waals surface area contributed by atoms with E-state index in [1.807, 2.05) is 13.0 Å². The third-order valence-corrected chi connectivity index (χ3v) is 2.05. The van der Waals surface area contributed by atoms with Crippen molar-refractivity contribution in [3.8, 4) is 0 Å². The molecule has 1 N–H and O–H groups in total. The highest BCUT2D eigenvalue weighted by atomic mass is 79.9. The van der Waals surface area contributed by atoms with E-state index in [-0.39, 0.29) is 5.62 Å². The molecule has 0 aliphatic rings. The number of hydrogen-bond acceptors (Lipinski definition) is 2. The molecule has 0 aliphatic carbocycles. The van der Waals surface area contributed by atoms with Crippen LogP contribution in [0.4, 0.5) is 0 Å². The third kappa shape index (κ3) is 1.77. The van der Waals surface area contributed by atoms with Gasteiger partial charge in [-0.15, -0.1) is 0 Å². The summed E-state index contributed by atoms with van der Waals surface area (Å²) in [5, 5.41) is 7.39. The second-order valence-corrected chi connectivity index (χ2v) is 2.74. The van der Waals surface area contributed by atoms with Crippen molar-refractivity contribution >= 4 is 20.5 Å². The van der Waals surface area contributed by atoms with E-state index >= 15 is 0 Å². The highest BCUT2D eigenvalue weighted by molar-refractivity contribution is 9.14. The minimum Gasteiger partial charge on any atom is -0.280 e. The minimum absolute atomic E-state index is 0.220. The minimum atomic E-state index is 0.220. The van der Waals surface area contributed by atoms with Gasteiger partial charge in [-0.2, -0.15) is 0 Å². The summed E-state index contributed by atoms with van der Waals surface area (Å²) in [6.07, 6.45) is 5.23. The summed E-state index contributed by atoms with van der Waals surface area (Å²) < 4.78 is 2.47. The molecule has 4 heteroatoms. The SMILES string of the molecule is C/C=C(/Br)n1cccnc1=N. The van der Waals surface area contributed by atoms with E-state index in [0.29, 0.717) is 0 Å². The van der Waals surface area contributed by atoms with Crippen LogP contribution in [0.1, 0.15) is 6.92 Å². The maximum absolute atomic E-state index is 7.39. The average Bonchev–Trinajstić information content (AvgIpc) is 2.04. The lowest BCUT2D eigenvalue weighted by Gasteiger charge is -2.01. The molecule has 0 saturated heterocycles. The van der Waals surface area contributed by atoms with Gasteiger partial charge in [0.05, 0.1) is 4.61 Å². The van der Waals surface area contributed by atoms with E-state index in [1.165, 1.54) is 0 Å². The van der Waals surface area contributed by atoms with E-state index in [2.05, 4.69) is 20.9 Å². The summed E-state index contributed by atoms with van der Waals surface area (Å²) in [6, 6.07) is 1.78. The maximum atomic E-state index is 7.39. The van der Waals surface area contributed by atoms with Crippen LogP contribution in [0, 0.1) is 5.41 Å². The number of nitrogens with one attached hydrogen (secondary N) is 1. The number of allylic oxidation sites excluding steroid dienone is 1. The number of rotatable bonds is 1. The van der Waals surface area contributed by atoms with Gasteiger partial charge in [-0.25, -0.2) is 4.98 Å². The zero-order valence-electron chi connectivity index (χ0n) is 6.08. The predicted molar refractivity (Wildman–Crippen MR) is 47.0 cm³/mol. The van der Waals surface area contributed by atoms with Crippen molar-refractivity contribution in [1.82, 2.24) is 9.55 Å². The highest BCUT2D eigenvalue weighted by Gasteiger charge is 1.92. The van der Waals surface area contributed by atoms with Crippen molar-refractivity contribution in [2.45, 2.75) is 6.92 Å². The van der Waals surface area contributed by atoms with E-state index < -0.39 is 0 Å². The standard InChI is InChI=1S/C7H8BrN3/c1-2-6(8)11-5-3-4-10-7(11)9/h2-5,9H,1H3/b6-2-,9-7?. The molecule has 0 saturated carbocycles. The summed E-state index contributed by atoms with van der Waals surface area (Å²) in [4.78, 5) is 3.81. The Morgan fingerprint density at radius 3 is 3.09 bits per heavy atom. The molecule has 0 unspecified atom stereocenters. The molecule has 0 atom stereocenters. The van der Waals surface area contributed by atoms with Gasteiger partial charge >= 0.3 is 0 Å². The van der Waals surface area contributed by atoms with Crippen molar-refractivity contribution in [1.29, 1.82) is 5.41 Å². The Kier molecular flexibility index (Phi) is 2.59. The first-order valence-corrected chi connectivity index (χ1v) is 3.95. The highest BCUT2D eigenvalue weighted by Crippen LogP contribution is 2.07. The van der Waals surface area contributed by atoms with Crippen molar-refractivity contribution in [2.24, 2.45) is 0 Å². The molecule has 1 aromatic rings. The molecule has 0 radical (unpaired) electrons. The molecule has 3 nitrogen and oxygen atoms in total. The molecular weight excluding hydrogens is 206 g/mol. The first-order chi connectivity index (χ1) is 5.25. The second-order valence-electron chi connectivity index (χ2n) is 1.92. The van der Waals surface area contributed by atoms with Gasteiger partial charge in [-0.1, -0.05) is 6.08 Å². The Balaban J connectivity index is 3.25. The van der Waals surface area contributed by atoms with Gasteiger partial charge in [0.15, 0.2) is 0 Å². The smallest absolute Gasteiger partial charge is 0.226 e. The van der Waals surface area contributed by atoms with Crippen LogP contribution in [-0.2, 0) is 0 Å². The Hall–Kier alpha value is -0.900. The van der Waals surface area contributed by atoms with Gasteiger partial charge in [-0.05, 0) is 28.9 Å². The lowest BCUT2D eigenvalue weighted by Crippen LogP contribution is -2.18. The lowest BCUT2D eigenvalue weighted by molar-refractivity contribution is 0.877. The summed E-state index contributed by atoms with van der Waals surface area (Å²) in [5.74, 6) is 0. The van der Waals surface area contributed by atoms with Gasteiger partial charge in [0.2, 0.25) is 5.62 Å². The lowest BCUT2D eigenvalue weighted by atomic mass is 10.6. The van der Waals surface area contributed by atoms with E-state index in [4.69, 9.17) is 5.41 Å². The maximum Gasteiger partial charge on any atom is 0.226 e. The van der Waals surface area contributed by atoms with Gasteiger partial charge in [0.1, 0.15) is 0 Å². The number of hydrogen-bond donors (Lipinski definition) is 1. The molecule has 1 heterocycles. The van der Waals surface area contributed by atoms with Crippen LogP contribution in [0.25, 0.3) is 4.61 Å². The topological polar surface area (TPSA) is 41.7 Å². The summed E-state index contributed by atoms with van der Waals surface area (Å²) >= 11 is 3.30. The molecule has 0 aromatic carbocycles. The Morgan fingerprint density at radius 2 is 2.55 bits per heavy atom. The molecule has 58 valence electrons. The average molecular weight is 214 g/mol. The van der Waals surface area contributed by atoms with Gasteiger partial charge < -0.3 is 0 Å². The fraction of sp³-hybridized carbons (Fsp3) is 0.143. The van der Waals surface area contributed by atoms with Crippen LogP contribution in [0.5, 0.6) is 0 Å². The van der Waals surface area contributed by atoms with Crippen molar-refractivity contribution in [3.05, 3.63) is 30.2 Å². The quantitative estimate of drug-likeness (QED) is 0.757. The third-order valence-electron chi connectivity index (χ3n) is 1.21. The molecule has 1 aromatic heterocycles. The fourth-order valence-corrected chi connectivity index (χ4v) is 0.969. The van der Waals surface area contributed by atoms with E-state index in [0.717, 1.165) is 4.61 Å². The van der Waals surface area contributed by atoms with Crippen molar-refractivity contribution < 1.29 is 0 Å². The number of aromatic nitrogens is 2. The normalized spacial score (nSPS) is 11.6. The molecule has 0 bridgehead atoms. The van der Waals surface area contributed by atoms with Crippen LogP contribution in [0.3, 0.4) is 0 Å². The first kappa shape index (κ1) is 8.20. The Labute approximate surface area is 73.0 Å². The molecule has 11 heavy (non-hydrogen) atoms. The largest absolute Gasteiger partial charge is 0.280 e. The molecule has 0 aliphatic heterocycles. The molecular formula is C7H8BrN3. The Bertz CT molecular complexity index is 326. The Morgan fingerprint density at radius 1 is 1.82 bits per heavy atom. The molecule has 1 rings (SSSR count). The number of halogens is 1. The van der Waals surface area contributed by atoms with Gasteiger partial charge in [0, 0.05) is 12.4 Å². The first-order valence-electron chi connectivity index (χ1n) is 3.16. The van der Waals surface area contributed by atoms with Crippen LogP contribution in [0.2, 0.25) is 0 Å². The number of nitrogens with zero attached hydrogens (tertiary/aromatic N) is 2. The predicted octanol–water partition coefficient (Wildman–Crippen LogP) is 1.58. The second kappa shape index (κ2) is 3.48. The zero-order valence-corrected chi connectivity index (χ0v) is 7.67. The van der Waals surface area contributed by atoms with Crippen LogP contribution in [-0.4, -0.2) is 9.55 Å².